The van der Waals surface area contributed by atoms with Gasteiger partial charge in [-0.1, -0.05) is 24.3 Å². The number of hydrogen-bond acceptors (Lipinski definition) is 8. The first-order chi connectivity index (χ1) is 18.6. The number of amides is 3. The van der Waals surface area contributed by atoms with Crippen molar-refractivity contribution in [1.82, 2.24) is 9.69 Å². The summed E-state index contributed by atoms with van der Waals surface area (Å²) in [6.45, 7) is 4.77. The van der Waals surface area contributed by atoms with E-state index in [4.69, 9.17) is 16.2 Å². The van der Waals surface area contributed by atoms with Crippen LogP contribution in [-0.2, 0) is 9.53 Å². The zero-order valence-electron chi connectivity index (χ0n) is 22.6. The summed E-state index contributed by atoms with van der Waals surface area (Å²) in [5.41, 5.74) is 15.1. The molecule has 1 aliphatic heterocycles. The summed E-state index contributed by atoms with van der Waals surface area (Å²) in [7, 11) is 3.85. The fourth-order valence-electron chi connectivity index (χ4n) is 4.57. The maximum atomic E-state index is 14.3. The van der Waals surface area contributed by atoms with Crippen molar-refractivity contribution >= 4 is 46.3 Å². The first-order valence-electron chi connectivity index (χ1n) is 12.7. The Balaban J connectivity index is 1.86. The van der Waals surface area contributed by atoms with E-state index < -0.39 is 17.9 Å². The Labute approximate surface area is 232 Å². The Hall–Kier alpha value is -3.96. The maximum absolute atomic E-state index is 14.3. The zero-order chi connectivity index (χ0) is 28.3. The number of carbonyl (C=O) groups excluding carboxylic acids is 3. The van der Waals surface area contributed by atoms with Crippen LogP contribution in [0.1, 0.15) is 55.7 Å². The number of benzene rings is 2. The van der Waals surface area contributed by atoms with E-state index >= 15 is 0 Å². The summed E-state index contributed by atoms with van der Waals surface area (Å²) in [4.78, 5) is 43.5. The molecule has 206 valence electrons. The van der Waals surface area contributed by atoms with Gasteiger partial charge in [0.05, 0.1) is 11.8 Å². The van der Waals surface area contributed by atoms with Crippen LogP contribution in [0.3, 0.4) is 0 Å². The third-order valence-corrected chi connectivity index (χ3v) is 7.61. The minimum Gasteiger partial charge on any atom is -0.395 e. The Morgan fingerprint density at radius 2 is 1.87 bits per heavy atom. The number of ether oxygens (including phenoxy) is 1. The molecule has 0 spiro atoms. The summed E-state index contributed by atoms with van der Waals surface area (Å²) in [6.07, 6.45) is 1.72. The second-order valence-corrected chi connectivity index (χ2v) is 10.6. The van der Waals surface area contributed by atoms with E-state index in [2.05, 4.69) is 9.69 Å². The van der Waals surface area contributed by atoms with E-state index in [-0.39, 0.29) is 28.3 Å². The molecule has 11 heteroatoms. The highest BCUT2D eigenvalue weighted by molar-refractivity contribution is 7.09. The van der Waals surface area contributed by atoms with Crippen LogP contribution < -0.4 is 26.6 Å². The van der Waals surface area contributed by atoms with Crippen molar-refractivity contribution in [2.75, 3.05) is 42.8 Å². The van der Waals surface area contributed by atoms with Gasteiger partial charge in [0, 0.05) is 38.6 Å². The molecule has 2 atom stereocenters. The molecule has 2 heterocycles. The summed E-state index contributed by atoms with van der Waals surface area (Å²) < 4.78 is 9.72. The van der Waals surface area contributed by atoms with E-state index in [1.54, 1.807) is 0 Å². The molecule has 0 saturated carbocycles. The van der Waals surface area contributed by atoms with Crippen LogP contribution in [-0.4, -0.2) is 55.4 Å². The molecule has 5 N–H and O–H groups in total. The predicted molar refractivity (Wildman–Crippen MR) is 153 cm³/mol. The van der Waals surface area contributed by atoms with Crippen molar-refractivity contribution in [1.29, 1.82) is 0 Å². The lowest BCUT2D eigenvalue weighted by Crippen LogP contribution is -2.46. The van der Waals surface area contributed by atoms with Crippen LogP contribution in [0.25, 0.3) is 0 Å². The highest BCUT2D eigenvalue weighted by Crippen LogP contribution is 2.36. The normalized spacial score (nSPS) is 15.5. The minimum atomic E-state index is -1.05. The molecule has 3 aromatic rings. The zero-order valence-corrected chi connectivity index (χ0v) is 23.4. The van der Waals surface area contributed by atoms with Gasteiger partial charge in [-0.3, -0.25) is 19.3 Å². The van der Waals surface area contributed by atoms with Gasteiger partial charge in [-0.05, 0) is 73.1 Å². The lowest BCUT2D eigenvalue weighted by Gasteiger charge is -2.33. The smallest absolute Gasteiger partial charge is 0.273 e. The van der Waals surface area contributed by atoms with Crippen LogP contribution in [0.15, 0.2) is 42.5 Å². The molecule has 0 bridgehead atoms. The minimum absolute atomic E-state index is 0.0338. The van der Waals surface area contributed by atoms with Gasteiger partial charge in [-0.25, -0.2) is 0 Å². The number of primary amides is 1. The van der Waals surface area contributed by atoms with Gasteiger partial charge in [0.15, 0.2) is 5.69 Å². The number of rotatable bonds is 9. The number of nitrogens with one attached hydrogen (secondary N) is 1. The quantitative estimate of drug-likeness (QED) is 0.371. The largest absolute Gasteiger partial charge is 0.395 e. The van der Waals surface area contributed by atoms with Crippen LogP contribution in [0.5, 0.6) is 0 Å². The summed E-state index contributed by atoms with van der Waals surface area (Å²) in [6, 6.07) is 12.1. The second kappa shape index (κ2) is 11.8. The lowest BCUT2D eigenvalue weighted by molar-refractivity contribution is -0.123. The Morgan fingerprint density at radius 3 is 2.46 bits per heavy atom. The van der Waals surface area contributed by atoms with Crippen LogP contribution in [0, 0.1) is 13.8 Å². The van der Waals surface area contributed by atoms with Crippen LogP contribution >= 0.6 is 11.5 Å². The topological polar surface area (TPSA) is 144 Å². The highest BCUT2D eigenvalue weighted by atomic mass is 32.1. The van der Waals surface area contributed by atoms with Crippen molar-refractivity contribution < 1.29 is 19.1 Å². The molecule has 2 aromatic carbocycles. The van der Waals surface area contributed by atoms with Crippen LogP contribution in [0.2, 0.25) is 0 Å². The number of carbonyl (C=O) groups is 3. The number of aryl methyl sites for hydroxylation is 2. The number of nitrogen functional groups attached to an aromatic ring is 1. The molecule has 10 nitrogen and oxygen atoms in total. The first-order valence-corrected chi connectivity index (χ1v) is 13.5. The van der Waals surface area contributed by atoms with Gasteiger partial charge >= 0.3 is 0 Å². The standard InChI is InChI=1S/C28H34N6O4S/c1-16-7-8-17(2)21(14-16)34(28(37)25-22(29)23(26(30)35)32-39-25)24(18-9-11-19(12-10-18)33(3)4)27(36)31-15-20-6-5-13-38-20/h7-12,14,20,24H,5-6,13,15,29H2,1-4H3,(H2,30,35)(H,31,36)/t20-,24+/m1/s1. The van der Waals surface area contributed by atoms with E-state index in [0.29, 0.717) is 24.4 Å². The van der Waals surface area contributed by atoms with Gasteiger partial charge in [-0.15, -0.1) is 0 Å². The number of aromatic nitrogens is 1. The van der Waals surface area contributed by atoms with Crippen molar-refractivity contribution in [2.45, 2.75) is 38.8 Å². The molecule has 0 unspecified atom stereocenters. The first kappa shape index (κ1) is 28.1. The summed E-state index contributed by atoms with van der Waals surface area (Å²) in [5.74, 6) is -1.75. The lowest BCUT2D eigenvalue weighted by atomic mass is 10.00. The second-order valence-electron chi connectivity index (χ2n) is 9.87. The van der Waals surface area contributed by atoms with Gasteiger partial charge < -0.3 is 26.4 Å². The molecule has 0 aliphatic carbocycles. The highest BCUT2D eigenvalue weighted by Gasteiger charge is 2.37. The van der Waals surface area contributed by atoms with Crippen molar-refractivity contribution in [2.24, 2.45) is 5.73 Å². The van der Waals surface area contributed by atoms with Gasteiger partial charge in [0.1, 0.15) is 10.9 Å². The molecule has 0 radical (unpaired) electrons. The van der Waals surface area contributed by atoms with Crippen molar-refractivity contribution in [3.05, 3.63) is 69.7 Å². The maximum Gasteiger partial charge on any atom is 0.273 e. The van der Waals surface area contributed by atoms with Crippen molar-refractivity contribution in [3.8, 4) is 0 Å². The Kier molecular flexibility index (Phi) is 8.51. The molecule has 4 rings (SSSR count). The Bertz CT molecular complexity index is 1360. The molecular formula is C28H34N6O4S. The third kappa shape index (κ3) is 6.04. The molecular weight excluding hydrogens is 516 g/mol. The Morgan fingerprint density at radius 1 is 1.15 bits per heavy atom. The average Bonchev–Trinajstić information content (AvgIpc) is 3.57. The molecule has 1 fully saturated rings. The molecule has 39 heavy (non-hydrogen) atoms. The summed E-state index contributed by atoms with van der Waals surface area (Å²) in [5, 5.41) is 3.00. The number of anilines is 3. The fourth-order valence-corrected chi connectivity index (χ4v) is 5.31. The van der Waals surface area contributed by atoms with E-state index in [9.17, 15) is 14.4 Å². The molecule has 1 aliphatic rings. The number of nitrogens with two attached hydrogens (primary N) is 2. The number of hydrogen-bond donors (Lipinski definition) is 3. The van der Waals surface area contributed by atoms with E-state index in [1.165, 1.54) is 4.90 Å². The van der Waals surface area contributed by atoms with Gasteiger partial charge in [0.2, 0.25) is 5.91 Å². The SMILES string of the molecule is Cc1ccc(C)c(N(C(=O)c2snc(C(N)=O)c2N)[C@H](C(=O)NC[C@H]2CCCO2)c2ccc(N(C)C)cc2)c1. The molecule has 1 saturated heterocycles. The molecule has 1 aromatic heterocycles. The molecule has 3 amide bonds. The summed E-state index contributed by atoms with van der Waals surface area (Å²) >= 11 is 0.785. The van der Waals surface area contributed by atoms with Crippen molar-refractivity contribution in [3.63, 3.8) is 0 Å². The van der Waals surface area contributed by atoms with Crippen LogP contribution in [0.4, 0.5) is 17.1 Å². The monoisotopic (exact) mass is 550 g/mol. The van der Waals surface area contributed by atoms with Gasteiger partial charge in [-0.2, -0.15) is 4.37 Å². The number of nitrogens with zero attached hydrogens (tertiary/aromatic N) is 3. The third-order valence-electron chi connectivity index (χ3n) is 6.76. The van der Waals surface area contributed by atoms with E-state index in [1.807, 2.05) is 75.3 Å². The average molecular weight is 551 g/mol. The van der Waals surface area contributed by atoms with E-state index in [0.717, 1.165) is 41.2 Å². The predicted octanol–water partition coefficient (Wildman–Crippen LogP) is 3.19. The van der Waals surface area contributed by atoms with Gasteiger partial charge in [0.25, 0.3) is 11.8 Å². The fraction of sp³-hybridized carbons (Fsp3) is 0.357.